The Bertz CT molecular complexity index is 2500. The van der Waals surface area contributed by atoms with E-state index in [1.807, 2.05) is 0 Å². The van der Waals surface area contributed by atoms with Gasteiger partial charge in [0.2, 0.25) is 6.29 Å². The molecule has 456 valence electrons. The third-order valence-corrected chi connectivity index (χ3v) is 16.4. The largest absolute Gasteiger partial charge is 0.507 e. The molecule has 2 aromatic rings. The smallest absolute Gasteiger partial charge is 0.308 e. The van der Waals surface area contributed by atoms with E-state index in [1.54, 1.807) is 41.5 Å². The van der Waals surface area contributed by atoms with E-state index in [2.05, 4.69) is 0 Å². The number of esters is 1. The lowest BCUT2D eigenvalue weighted by Crippen LogP contribution is -2.59. The van der Waals surface area contributed by atoms with Crippen LogP contribution in [0.4, 0.5) is 0 Å². The quantitative estimate of drug-likeness (QED) is 0.0950. The normalized spacial score (nSPS) is 40.6. The number of ether oxygens (including phenoxy) is 13. The third kappa shape index (κ3) is 13.7. The molecule has 5 heterocycles. The summed E-state index contributed by atoms with van der Waals surface area (Å²) in [5.74, 6) is -5.10. The van der Waals surface area contributed by atoms with Crippen LogP contribution in [0.2, 0.25) is 0 Å². The van der Waals surface area contributed by atoms with Crippen molar-refractivity contribution >= 4 is 28.3 Å². The molecular weight excluding hydrogens is 1070 g/mol. The molecule has 0 spiro atoms. The van der Waals surface area contributed by atoms with Crippen molar-refractivity contribution in [2.45, 2.75) is 248 Å². The standard InChI is InChI=1S/C56H82O25/c1-21(2)55(67)81-54-27(8)75-41(20-56(54,9)68)79-36-18-39(72-24(5)47(36)63)78-35-19-40(73-25(6)46(35)62)80-53-31(52(70-11)50(66)44(60)22(3)57)14-29-12-28-13-30(15-32(58)42(28)48(64)43(29)49(53)65)76-38-17-34(45(61)23(4)71-38)77-37-16-33(59)51(69-10)26(7)74-37/h12-13,15,21-27,31,33-41,44-47,51-54,57-64,68H,14,16-20H2,1-11H3/t22-,23-,24-,25-,26-,27+,31+,33-,34-,35-,36-,37-,38-,39+,40+,41+,44+,45+,46-,47-,51+,52+,53+,54+,56+/m1/s1. The van der Waals surface area contributed by atoms with Gasteiger partial charge in [0.05, 0.1) is 77.9 Å². The molecule has 6 aliphatic rings. The number of ketones is 2. The van der Waals surface area contributed by atoms with Crippen LogP contribution >= 0.6 is 0 Å². The fourth-order valence-electron chi connectivity index (χ4n) is 12.0. The van der Waals surface area contributed by atoms with Crippen molar-refractivity contribution in [3.05, 3.63) is 29.3 Å². The van der Waals surface area contributed by atoms with Crippen LogP contribution in [-0.2, 0) is 72.9 Å². The molecule has 0 bridgehead atoms. The molecule has 0 amide bonds. The molecule has 0 aromatic heterocycles. The number of hydrogen-bond donors (Lipinski definition) is 9. The van der Waals surface area contributed by atoms with Crippen LogP contribution in [0.3, 0.4) is 0 Å². The highest BCUT2D eigenvalue weighted by atomic mass is 16.7. The fourth-order valence-corrected chi connectivity index (χ4v) is 12.0. The summed E-state index contributed by atoms with van der Waals surface area (Å²) < 4.78 is 78.1. The molecule has 5 fully saturated rings. The Labute approximate surface area is 469 Å². The zero-order valence-electron chi connectivity index (χ0n) is 47.5. The predicted molar refractivity (Wildman–Crippen MR) is 277 cm³/mol. The number of phenols is 2. The average Bonchev–Trinajstić information content (AvgIpc) is 3.42. The van der Waals surface area contributed by atoms with Gasteiger partial charge < -0.3 is 108 Å². The van der Waals surface area contributed by atoms with Gasteiger partial charge in [0.25, 0.3) is 0 Å². The van der Waals surface area contributed by atoms with Crippen molar-refractivity contribution in [1.29, 1.82) is 0 Å². The second-order valence-corrected chi connectivity index (χ2v) is 23.1. The summed E-state index contributed by atoms with van der Waals surface area (Å²) in [7, 11) is 2.65. The lowest BCUT2D eigenvalue weighted by Gasteiger charge is -2.47. The number of phenolic OH excluding ortho intramolecular Hbond substituents is 2. The number of methoxy groups -OCH3 is 2. The highest BCUT2D eigenvalue weighted by Crippen LogP contribution is 2.46. The van der Waals surface area contributed by atoms with Crippen LogP contribution in [0.1, 0.15) is 110 Å². The molecule has 5 aliphatic heterocycles. The first kappa shape index (κ1) is 63.2. The number of carbonyl (C=O) groups is 3. The van der Waals surface area contributed by atoms with Crippen LogP contribution in [-0.4, -0.2) is 225 Å². The first-order valence-corrected chi connectivity index (χ1v) is 27.8. The molecule has 1 aliphatic carbocycles. The van der Waals surface area contributed by atoms with Crippen LogP contribution in [0, 0.1) is 11.8 Å². The summed E-state index contributed by atoms with van der Waals surface area (Å²) in [4.78, 5) is 41.4. The van der Waals surface area contributed by atoms with E-state index >= 15 is 4.79 Å². The van der Waals surface area contributed by atoms with Crippen LogP contribution in [0.25, 0.3) is 10.8 Å². The highest BCUT2D eigenvalue weighted by Gasteiger charge is 2.52. The van der Waals surface area contributed by atoms with Crippen molar-refractivity contribution in [1.82, 2.24) is 0 Å². The minimum Gasteiger partial charge on any atom is -0.507 e. The summed E-state index contributed by atoms with van der Waals surface area (Å²) in [5.41, 5.74) is -1.63. The van der Waals surface area contributed by atoms with Gasteiger partial charge >= 0.3 is 5.97 Å². The monoisotopic (exact) mass is 1150 g/mol. The summed E-state index contributed by atoms with van der Waals surface area (Å²) in [6.45, 7) is 14.2. The first-order chi connectivity index (χ1) is 38.1. The SMILES string of the molecule is CO[C@@H]1[C@H](O)C[C@@H](O[C@@H]2C[C@@H](Oc3cc(O)c4c(O)c5c(cc4c3)C[C@@H]([C@H](OC)C(=O)[C@@H](O)[C@@H](C)O)[C@H](O[C@H]3C[C@@H](O[C@H]4C[C@@H](O[C@H]6C[C@](C)(O)[C@@H](OC(=O)C(C)C)[C@H](C)O6)[C@H](O)[C@@H](C)O4)[C@H](O)[C@@H](C)O3)C5=O)O[C@H](C)[C@@H]2O)O[C@@H]1C. The van der Waals surface area contributed by atoms with E-state index in [4.69, 9.17) is 61.6 Å². The third-order valence-electron chi connectivity index (χ3n) is 16.4. The Kier molecular flexibility index (Phi) is 20.1. The first-order valence-electron chi connectivity index (χ1n) is 27.8. The molecule has 5 saturated heterocycles. The van der Waals surface area contributed by atoms with Gasteiger partial charge in [-0.15, -0.1) is 0 Å². The van der Waals surface area contributed by atoms with E-state index in [0.717, 1.165) is 0 Å². The summed E-state index contributed by atoms with van der Waals surface area (Å²) in [6.07, 6.45) is -25.7. The summed E-state index contributed by atoms with van der Waals surface area (Å²) in [5, 5.41) is 101. The second kappa shape index (κ2) is 25.8. The molecule has 25 heteroatoms. The Hall–Kier alpha value is -3.81. The van der Waals surface area contributed by atoms with E-state index in [-0.39, 0.29) is 66.2 Å². The molecule has 0 radical (unpaired) electrons. The number of fused-ring (bicyclic) bond motifs is 2. The van der Waals surface area contributed by atoms with Crippen molar-refractivity contribution in [2.24, 2.45) is 11.8 Å². The minimum absolute atomic E-state index is 0.00785. The molecule has 8 rings (SSSR count). The average molecular weight is 1160 g/mol. The highest BCUT2D eigenvalue weighted by molar-refractivity contribution is 6.11. The number of carbonyl (C=O) groups excluding carboxylic acids is 3. The molecule has 0 saturated carbocycles. The van der Waals surface area contributed by atoms with Gasteiger partial charge in [-0.25, -0.2) is 0 Å². The topological polar surface area (TPSA) is 353 Å². The van der Waals surface area contributed by atoms with E-state index in [9.17, 15) is 55.5 Å². The molecule has 9 N–H and O–H groups in total. The number of aliphatic hydroxyl groups is 7. The van der Waals surface area contributed by atoms with Gasteiger partial charge in [-0.2, -0.15) is 0 Å². The Balaban J connectivity index is 1.01. The lowest BCUT2D eigenvalue weighted by atomic mass is 9.75. The number of benzene rings is 2. The summed E-state index contributed by atoms with van der Waals surface area (Å²) >= 11 is 0. The van der Waals surface area contributed by atoms with Crippen molar-refractivity contribution in [3.63, 3.8) is 0 Å². The van der Waals surface area contributed by atoms with Crippen LogP contribution in [0.5, 0.6) is 17.2 Å². The molecule has 81 heavy (non-hydrogen) atoms. The Morgan fingerprint density at radius 1 is 0.691 bits per heavy atom. The number of hydrogen-bond acceptors (Lipinski definition) is 25. The molecule has 0 unspecified atom stereocenters. The Morgan fingerprint density at radius 3 is 1.74 bits per heavy atom. The van der Waals surface area contributed by atoms with E-state index < -0.39 is 188 Å². The van der Waals surface area contributed by atoms with Gasteiger partial charge in [0.15, 0.2) is 42.8 Å². The zero-order chi connectivity index (χ0) is 59.3. The maximum absolute atomic E-state index is 15.0. The van der Waals surface area contributed by atoms with Crippen molar-refractivity contribution < 1.29 is 122 Å². The van der Waals surface area contributed by atoms with Crippen molar-refractivity contribution in [3.8, 4) is 17.2 Å². The fraction of sp³-hybridized carbons (Fsp3) is 0.768. The van der Waals surface area contributed by atoms with E-state index in [0.29, 0.717) is 0 Å². The van der Waals surface area contributed by atoms with Crippen molar-refractivity contribution in [2.75, 3.05) is 14.2 Å². The maximum Gasteiger partial charge on any atom is 0.308 e. The zero-order valence-corrected chi connectivity index (χ0v) is 47.5. The lowest BCUT2D eigenvalue weighted by molar-refractivity contribution is -0.334. The van der Waals surface area contributed by atoms with Gasteiger partial charge in [0, 0.05) is 58.3 Å². The predicted octanol–water partition coefficient (Wildman–Crippen LogP) is 1.30. The molecule has 2 aromatic carbocycles. The number of rotatable bonds is 18. The summed E-state index contributed by atoms with van der Waals surface area (Å²) in [6, 6.07) is 4.22. The van der Waals surface area contributed by atoms with Gasteiger partial charge in [-0.3, -0.25) is 14.4 Å². The van der Waals surface area contributed by atoms with Crippen LogP contribution in [0.15, 0.2) is 18.2 Å². The number of Topliss-reactive ketones (excluding diaryl/α,β-unsaturated/α-hetero) is 2. The molecular formula is C56H82O25. The van der Waals surface area contributed by atoms with Crippen LogP contribution < -0.4 is 4.74 Å². The molecule has 25 nitrogen and oxygen atoms in total. The maximum atomic E-state index is 15.0. The van der Waals surface area contributed by atoms with Gasteiger partial charge in [-0.1, -0.05) is 13.8 Å². The minimum atomic E-state index is -1.95. The van der Waals surface area contributed by atoms with Gasteiger partial charge in [0.1, 0.15) is 65.6 Å². The van der Waals surface area contributed by atoms with Gasteiger partial charge in [-0.05, 0) is 78.0 Å². The molecule has 25 atom stereocenters. The number of aliphatic hydroxyl groups excluding tert-OH is 6. The van der Waals surface area contributed by atoms with E-state index in [1.165, 1.54) is 53.2 Å². The Morgan fingerprint density at radius 2 is 1.21 bits per heavy atom. The number of aromatic hydroxyl groups is 2. The second-order valence-electron chi connectivity index (χ2n) is 23.1.